The number of carbonyl (C=O) groups is 1. The molecule has 138 valence electrons. The van der Waals surface area contributed by atoms with Crippen molar-refractivity contribution < 1.29 is 4.79 Å². The number of amides is 1. The molecule has 1 amide bonds. The van der Waals surface area contributed by atoms with Crippen molar-refractivity contribution in [3.05, 3.63) is 56.9 Å². The third-order valence-electron chi connectivity index (χ3n) is 4.67. The highest BCUT2D eigenvalue weighted by atomic mass is 16.2. The first kappa shape index (κ1) is 18.0. The van der Waals surface area contributed by atoms with Crippen molar-refractivity contribution in [2.75, 3.05) is 0 Å². The van der Waals surface area contributed by atoms with Crippen LogP contribution in [0.3, 0.4) is 0 Å². The predicted octanol–water partition coefficient (Wildman–Crippen LogP) is 1.29. The topological polar surface area (TPSA) is 98.9 Å². The van der Waals surface area contributed by atoms with E-state index in [0.29, 0.717) is 0 Å². The smallest absolute Gasteiger partial charge is 0.271 e. The lowest BCUT2D eigenvalue weighted by Crippen LogP contribution is -2.40. The molecule has 0 bridgehead atoms. The third-order valence-corrected chi connectivity index (χ3v) is 4.67. The second-order valence-electron chi connectivity index (χ2n) is 6.88. The van der Waals surface area contributed by atoms with Crippen LogP contribution in [-0.2, 0) is 0 Å². The van der Waals surface area contributed by atoms with Gasteiger partial charge in [-0.25, -0.2) is 9.36 Å². The Morgan fingerprint density at radius 2 is 1.85 bits per heavy atom. The Bertz CT molecular complexity index is 894. The number of aromatic nitrogens is 4. The van der Waals surface area contributed by atoms with Crippen LogP contribution in [-0.4, -0.2) is 31.5 Å². The van der Waals surface area contributed by atoms with Crippen molar-refractivity contribution in [1.29, 1.82) is 0 Å². The molecule has 0 radical (unpaired) electrons. The van der Waals surface area contributed by atoms with Crippen molar-refractivity contribution in [1.82, 2.24) is 24.9 Å². The fourth-order valence-electron chi connectivity index (χ4n) is 3.28. The first-order valence-corrected chi connectivity index (χ1v) is 8.90. The molecule has 1 saturated carbocycles. The van der Waals surface area contributed by atoms with Crippen LogP contribution in [0.4, 0.5) is 0 Å². The molecule has 1 aliphatic carbocycles. The second kappa shape index (κ2) is 7.63. The Hall–Kier alpha value is -2.77. The number of hydrogen-bond donors (Lipinski definition) is 1. The summed E-state index contributed by atoms with van der Waals surface area (Å²) in [6.45, 7) is 3.69. The molecule has 26 heavy (non-hydrogen) atoms. The monoisotopic (exact) mass is 357 g/mol. The molecule has 2 aromatic heterocycles. The molecule has 0 saturated heterocycles. The predicted molar refractivity (Wildman–Crippen MR) is 96.1 cm³/mol. The Morgan fingerprint density at radius 3 is 2.50 bits per heavy atom. The van der Waals surface area contributed by atoms with Gasteiger partial charge in [0.1, 0.15) is 5.69 Å². The minimum absolute atomic E-state index is 0.0272. The summed E-state index contributed by atoms with van der Waals surface area (Å²) in [6, 6.07) is 5.95. The second-order valence-corrected chi connectivity index (χ2v) is 6.88. The van der Waals surface area contributed by atoms with Crippen molar-refractivity contribution in [3.63, 3.8) is 0 Å². The van der Waals surface area contributed by atoms with Gasteiger partial charge in [-0.05, 0) is 51.7 Å². The first-order chi connectivity index (χ1) is 12.5. The van der Waals surface area contributed by atoms with Gasteiger partial charge >= 0.3 is 0 Å². The average Bonchev–Trinajstić information content (AvgIpc) is 2.63. The van der Waals surface area contributed by atoms with Crippen LogP contribution in [0.5, 0.6) is 0 Å². The lowest BCUT2D eigenvalue weighted by atomic mass is 9.91. The van der Waals surface area contributed by atoms with Crippen LogP contribution in [0, 0.1) is 0 Å². The third kappa shape index (κ3) is 3.89. The SMILES string of the molecule is CC(C)n1nc(C(=O)NC2CCC(n3ncccc3=O)CC2)ccc1=O. The molecule has 1 N–H and O–H groups in total. The minimum Gasteiger partial charge on any atom is -0.348 e. The van der Waals surface area contributed by atoms with E-state index < -0.39 is 0 Å². The highest BCUT2D eigenvalue weighted by Gasteiger charge is 2.25. The molecule has 0 aromatic carbocycles. The van der Waals surface area contributed by atoms with E-state index in [1.54, 1.807) is 12.3 Å². The Balaban J connectivity index is 1.62. The van der Waals surface area contributed by atoms with Gasteiger partial charge < -0.3 is 5.32 Å². The van der Waals surface area contributed by atoms with E-state index >= 15 is 0 Å². The van der Waals surface area contributed by atoms with E-state index in [1.807, 2.05) is 13.8 Å². The maximum Gasteiger partial charge on any atom is 0.271 e. The zero-order valence-corrected chi connectivity index (χ0v) is 15.0. The van der Waals surface area contributed by atoms with Gasteiger partial charge in [-0.3, -0.25) is 14.4 Å². The maximum absolute atomic E-state index is 12.4. The van der Waals surface area contributed by atoms with Crippen molar-refractivity contribution in [2.45, 2.75) is 57.7 Å². The zero-order chi connectivity index (χ0) is 18.7. The highest BCUT2D eigenvalue weighted by Crippen LogP contribution is 2.26. The van der Waals surface area contributed by atoms with Crippen LogP contribution in [0.1, 0.15) is 62.1 Å². The summed E-state index contributed by atoms with van der Waals surface area (Å²) in [5, 5.41) is 11.3. The Kier molecular flexibility index (Phi) is 5.29. The standard InChI is InChI=1S/C18H23N5O3/c1-12(2)22-17(25)10-9-15(21-22)18(26)20-13-5-7-14(8-6-13)23-16(24)4-3-11-19-23/h3-4,9-14H,5-8H2,1-2H3,(H,20,26). The molecular weight excluding hydrogens is 334 g/mol. The summed E-state index contributed by atoms with van der Waals surface area (Å²) in [4.78, 5) is 36.1. The number of carbonyl (C=O) groups excluding carboxylic acids is 1. The number of hydrogen-bond acceptors (Lipinski definition) is 5. The molecule has 2 aromatic rings. The largest absolute Gasteiger partial charge is 0.348 e. The van der Waals surface area contributed by atoms with E-state index in [4.69, 9.17) is 0 Å². The first-order valence-electron chi connectivity index (χ1n) is 8.90. The van der Waals surface area contributed by atoms with Crippen LogP contribution in [0.15, 0.2) is 40.1 Å². The van der Waals surface area contributed by atoms with Gasteiger partial charge in [0.2, 0.25) is 0 Å². The molecule has 8 nitrogen and oxygen atoms in total. The average molecular weight is 357 g/mol. The molecule has 1 fully saturated rings. The fraction of sp³-hybridized carbons (Fsp3) is 0.500. The fourth-order valence-corrected chi connectivity index (χ4v) is 3.28. The summed E-state index contributed by atoms with van der Waals surface area (Å²) in [6.07, 6.45) is 4.71. The number of rotatable bonds is 4. The summed E-state index contributed by atoms with van der Waals surface area (Å²) >= 11 is 0. The molecule has 0 spiro atoms. The van der Waals surface area contributed by atoms with Gasteiger partial charge in [0.05, 0.1) is 12.1 Å². The van der Waals surface area contributed by atoms with E-state index in [0.717, 1.165) is 25.7 Å². The van der Waals surface area contributed by atoms with Crippen LogP contribution >= 0.6 is 0 Å². The zero-order valence-electron chi connectivity index (χ0n) is 15.0. The number of nitrogens with one attached hydrogen (secondary N) is 1. The van der Waals surface area contributed by atoms with Crippen molar-refractivity contribution >= 4 is 5.91 Å². The Labute approximate surface area is 150 Å². The van der Waals surface area contributed by atoms with Crippen molar-refractivity contribution in [3.8, 4) is 0 Å². The summed E-state index contributed by atoms with van der Waals surface area (Å²) in [5.74, 6) is -0.280. The van der Waals surface area contributed by atoms with Crippen LogP contribution < -0.4 is 16.4 Å². The summed E-state index contributed by atoms with van der Waals surface area (Å²) in [5.41, 5.74) is -0.0839. The molecule has 3 rings (SSSR count). The van der Waals surface area contributed by atoms with Crippen LogP contribution in [0.2, 0.25) is 0 Å². The lowest BCUT2D eigenvalue weighted by Gasteiger charge is -2.29. The maximum atomic E-state index is 12.4. The summed E-state index contributed by atoms with van der Waals surface area (Å²) < 4.78 is 2.83. The molecule has 8 heteroatoms. The van der Waals surface area contributed by atoms with Gasteiger partial charge in [-0.1, -0.05) is 0 Å². The van der Waals surface area contributed by atoms with Gasteiger partial charge in [0.15, 0.2) is 0 Å². The summed E-state index contributed by atoms with van der Waals surface area (Å²) in [7, 11) is 0. The van der Waals surface area contributed by atoms with Gasteiger partial charge in [0, 0.05) is 24.4 Å². The minimum atomic E-state index is -0.280. The normalized spacial score (nSPS) is 20.1. The molecule has 2 heterocycles. The van der Waals surface area contributed by atoms with Crippen LogP contribution in [0.25, 0.3) is 0 Å². The van der Waals surface area contributed by atoms with E-state index in [1.165, 1.54) is 27.6 Å². The van der Waals surface area contributed by atoms with Gasteiger partial charge in [0.25, 0.3) is 17.0 Å². The highest BCUT2D eigenvalue weighted by molar-refractivity contribution is 5.92. The van der Waals surface area contributed by atoms with E-state index in [-0.39, 0.29) is 40.8 Å². The lowest BCUT2D eigenvalue weighted by molar-refractivity contribution is 0.0913. The molecule has 1 aliphatic rings. The number of nitrogens with zero attached hydrogens (tertiary/aromatic N) is 4. The van der Waals surface area contributed by atoms with Gasteiger partial charge in [-0.2, -0.15) is 10.2 Å². The molecule has 0 atom stereocenters. The van der Waals surface area contributed by atoms with E-state index in [2.05, 4.69) is 15.5 Å². The molecule has 0 aliphatic heterocycles. The quantitative estimate of drug-likeness (QED) is 0.889. The van der Waals surface area contributed by atoms with E-state index in [9.17, 15) is 14.4 Å². The van der Waals surface area contributed by atoms with Crippen molar-refractivity contribution in [2.24, 2.45) is 0 Å². The van der Waals surface area contributed by atoms with Gasteiger partial charge in [-0.15, -0.1) is 0 Å². The molecular formula is C18H23N5O3. The molecule has 0 unspecified atom stereocenters. The Morgan fingerprint density at radius 1 is 1.12 bits per heavy atom.